The number of anilines is 2. The van der Waals surface area contributed by atoms with Gasteiger partial charge in [-0.25, -0.2) is 9.78 Å². The first kappa shape index (κ1) is 21.9. The van der Waals surface area contributed by atoms with Gasteiger partial charge in [-0.15, -0.1) is 0 Å². The lowest BCUT2D eigenvalue weighted by molar-refractivity contribution is 0.261. The Hall–Kier alpha value is -4.33. The van der Waals surface area contributed by atoms with Crippen LogP contribution in [0, 0.1) is 6.92 Å². The van der Waals surface area contributed by atoms with Gasteiger partial charge in [0.05, 0.1) is 23.7 Å². The second-order valence-corrected chi connectivity index (χ2v) is 7.31. The number of fused-ring (bicyclic) bond motifs is 1. The predicted molar refractivity (Wildman–Crippen MR) is 127 cm³/mol. The Bertz CT molecular complexity index is 1350. The highest BCUT2D eigenvalue weighted by Crippen LogP contribution is 2.27. The van der Waals surface area contributed by atoms with Crippen molar-refractivity contribution in [3.05, 3.63) is 94.5 Å². The summed E-state index contributed by atoms with van der Waals surface area (Å²) < 4.78 is 12.9. The summed E-state index contributed by atoms with van der Waals surface area (Å²) in [5, 5.41) is 5.58. The van der Waals surface area contributed by atoms with E-state index >= 15 is 0 Å². The molecule has 8 nitrogen and oxygen atoms in total. The summed E-state index contributed by atoms with van der Waals surface area (Å²) >= 11 is 0. The van der Waals surface area contributed by atoms with E-state index in [1.165, 1.54) is 10.5 Å². The maximum atomic E-state index is 12.6. The first-order chi connectivity index (χ1) is 16.0. The van der Waals surface area contributed by atoms with Crippen LogP contribution in [0.1, 0.15) is 18.2 Å². The van der Waals surface area contributed by atoms with Crippen molar-refractivity contribution >= 4 is 23.1 Å². The van der Waals surface area contributed by atoms with Crippen LogP contribution >= 0.6 is 0 Å². The Morgan fingerprint density at radius 1 is 0.939 bits per heavy atom. The number of amides is 2. The molecule has 0 aliphatic carbocycles. The second kappa shape index (κ2) is 9.86. The number of ether oxygens (including phenoxy) is 2. The van der Waals surface area contributed by atoms with Crippen molar-refractivity contribution in [2.45, 2.75) is 20.5 Å². The third-order valence-corrected chi connectivity index (χ3v) is 4.81. The molecule has 0 saturated carbocycles. The fraction of sp³-hybridized carbons (Fsp3) is 0.160. The highest BCUT2D eigenvalue weighted by atomic mass is 16.5. The lowest BCUT2D eigenvalue weighted by Gasteiger charge is -2.14. The molecular weight excluding hydrogens is 420 g/mol. The fourth-order valence-electron chi connectivity index (χ4n) is 3.31. The summed E-state index contributed by atoms with van der Waals surface area (Å²) in [6.45, 7) is 4.36. The number of pyridine rings is 1. The van der Waals surface area contributed by atoms with Crippen LogP contribution in [-0.4, -0.2) is 22.0 Å². The molecule has 0 radical (unpaired) electrons. The van der Waals surface area contributed by atoms with Gasteiger partial charge in [0.25, 0.3) is 5.56 Å². The predicted octanol–water partition coefficient (Wildman–Crippen LogP) is 4.62. The molecule has 0 unspecified atom stereocenters. The topological polar surface area (TPSA) is 94.0 Å². The summed E-state index contributed by atoms with van der Waals surface area (Å²) in [7, 11) is 0. The number of para-hydroxylation sites is 4. The molecule has 8 heteroatoms. The molecule has 0 bridgehead atoms. The standard InChI is InChI=1S/C25H24N4O4/c1-3-32-21-10-6-4-8-19(21)27-25(31)28-20-9-5-7-11-22(20)33-16-18-14-24(30)29-15-17(2)12-13-23(29)26-18/h4-15H,3,16H2,1-2H3,(H2,27,28,31). The molecule has 2 N–H and O–H groups in total. The van der Waals surface area contributed by atoms with Crippen LogP contribution in [0.5, 0.6) is 11.5 Å². The smallest absolute Gasteiger partial charge is 0.323 e. The van der Waals surface area contributed by atoms with Crippen molar-refractivity contribution in [3.8, 4) is 11.5 Å². The Balaban J connectivity index is 1.47. The molecule has 2 aromatic heterocycles. The average molecular weight is 444 g/mol. The van der Waals surface area contributed by atoms with Gasteiger partial charge in [-0.05, 0) is 49.7 Å². The maximum Gasteiger partial charge on any atom is 0.323 e. The van der Waals surface area contributed by atoms with Crippen LogP contribution in [0.4, 0.5) is 16.2 Å². The minimum absolute atomic E-state index is 0.0765. The van der Waals surface area contributed by atoms with E-state index in [0.717, 1.165) is 5.56 Å². The van der Waals surface area contributed by atoms with Gasteiger partial charge < -0.3 is 20.1 Å². The minimum Gasteiger partial charge on any atom is -0.492 e. The molecule has 2 heterocycles. The summed E-state index contributed by atoms with van der Waals surface area (Å²) in [5.74, 6) is 1.04. The van der Waals surface area contributed by atoms with Crippen LogP contribution in [0.2, 0.25) is 0 Å². The molecule has 33 heavy (non-hydrogen) atoms. The van der Waals surface area contributed by atoms with Crippen LogP contribution in [-0.2, 0) is 6.61 Å². The second-order valence-electron chi connectivity index (χ2n) is 7.31. The number of nitrogens with one attached hydrogen (secondary N) is 2. The van der Waals surface area contributed by atoms with Crippen LogP contribution in [0.3, 0.4) is 0 Å². The fourth-order valence-corrected chi connectivity index (χ4v) is 3.31. The van der Waals surface area contributed by atoms with Crippen LogP contribution < -0.4 is 25.7 Å². The molecule has 4 rings (SSSR count). The van der Waals surface area contributed by atoms with Crippen LogP contribution in [0.15, 0.2) is 77.7 Å². The number of carbonyl (C=O) groups excluding carboxylic acids is 1. The number of carbonyl (C=O) groups is 1. The average Bonchev–Trinajstić information content (AvgIpc) is 2.80. The van der Waals surface area contributed by atoms with Crippen LogP contribution in [0.25, 0.3) is 5.65 Å². The zero-order valence-electron chi connectivity index (χ0n) is 18.4. The van der Waals surface area contributed by atoms with Gasteiger partial charge in [0.15, 0.2) is 0 Å². The van der Waals surface area contributed by atoms with E-state index in [2.05, 4.69) is 15.6 Å². The van der Waals surface area contributed by atoms with Gasteiger partial charge in [0.2, 0.25) is 0 Å². The molecule has 0 spiro atoms. The summed E-state index contributed by atoms with van der Waals surface area (Å²) in [4.78, 5) is 29.5. The Labute approximate surface area is 190 Å². The van der Waals surface area contributed by atoms with Crippen molar-refractivity contribution < 1.29 is 14.3 Å². The third kappa shape index (κ3) is 5.30. The summed E-state index contributed by atoms with van der Waals surface area (Å²) in [5.41, 5.74) is 2.88. The van der Waals surface area contributed by atoms with Crippen molar-refractivity contribution in [1.29, 1.82) is 0 Å². The number of benzene rings is 2. The molecule has 2 aromatic carbocycles. The van der Waals surface area contributed by atoms with E-state index in [1.807, 2.05) is 32.0 Å². The van der Waals surface area contributed by atoms with Gasteiger partial charge in [0.1, 0.15) is 23.8 Å². The highest BCUT2D eigenvalue weighted by Gasteiger charge is 2.11. The van der Waals surface area contributed by atoms with Crippen molar-refractivity contribution in [2.75, 3.05) is 17.2 Å². The first-order valence-electron chi connectivity index (χ1n) is 10.5. The largest absolute Gasteiger partial charge is 0.492 e. The molecule has 4 aromatic rings. The van der Waals surface area contributed by atoms with E-state index in [0.29, 0.717) is 40.8 Å². The molecule has 2 amide bonds. The SMILES string of the molecule is CCOc1ccccc1NC(=O)Nc1ccccc1OCc1cc(=O)n2cc(C)ccc2n1. The number of aryl methyl sites for hydroxylation is 1. The molecular formula is C25H24N4O4. The molecule has 0 fully saturated rings. The number of rotatable bonds is 7. The van der Waals surface area contributed by atoms with Gasteiger partial charge in [-0.3, -0.25) is 9.20 Å². The monoisotopic (exact) mass is 444 g/mol. The van der Waals surface area contributed by atoms with Gasteiger partial charge in [-0.2, -0.15) is 0 Å². The lowest BCUT2D eigenvalue weighted by Crippen LogP contribution is -2.20. The van der Waals surface area contributed by atoms with E-state index in [1.54, 1.807) is 48.7 Å². The van der Waals surface area contributed by atoms with E-state index in [9.17, 15) is 9.59 Å². The quantitative estimate of drug-likeness (QED) is 0.434. The van der Waals surface area contributed by atoms with E-state index < -0.39 is 6.03 Å². The van der Waals surface area contributed by atoms with Gasteiger partial charge in [0, 0.05) is 12.3 Å². The molecule has 0 atom stereocenters. The normalized spacial score (nSPS) is 10.6. The maximum absolute atomic E-state index is 12.6. The zero-order chi connectivity index (χ0) is 23.2. The van der Waals surface area contributed by atoms with E-state index in [-0.39, 0.29) is 12.2 Å². The van der Waals surface area contributed by atoms with Crippen molar-refractivity contribution in [2.24, 2.45) is 0 Å². The lowest BCUT2D eigenvalue weighted by atomic mass is 10.3. The molecule has 0 aliphatic rings. The van der Waals surface area contributed by atoms with Gasteiger partial charge in [-0.1, -0.05) is 30.3 Å². The third-order valence-electron chi connectivity index (χ3n) is 4.81. The zero-order valence-corrected chi connectivity index (χ0v) is 18.4. The first-order valence-corrected chi connectivity index (χ1v) is 10.5. The molecule has 0 saturated heterocycles. The highest BCUT2D eigenvalue weighted by molar-refractivity contribution is 6.01. The number of aromatic nitrogens is 2. The Morgan fingerprint density at radius 3 is 2.24 bits per heavy atom. The molecule has 168 valence electrons. The number of hydrogen-bond donors (Lipinski definition) is 2. The Kier molecular flexibility index (Phi) is 6.54. The Morgan fingerprint density at radius 2 is 1.58 bits per heavy atom. The summed E-state index contributed by atoms with van der Waals surface area (Å²) in [6, 6.07) is 19.0. The molecule has 0 aliphatic heterocycles. The van der Waals surface area contributed by atoms with E-state index in [4.69, 9.17) is 9.47 Å². The van der Waals surface area contributed by atoms with Gasteiger partial charge >= 0.3 is 6.03 Å². The number of urea groups is 1. The van der Waals surface area contributed by atoms with Crippen molar-refractivity contribution in [3.63, 3.8) is 0 Å². The van der Waals surface area contributed by atoms with Crippen molar-refractivity contribution in [1.82, 2.24) is 9.38 Å². The minimum atomic E-state index is -0.435. The summed E-state index contributed by atoms with van der Waals surface area (Å²) in [6.07, 6.45) is 1.75. The number of nitrogens with zero attached hydrogens (tertiary/aromatic N) is 2. The number of hydrogen-bond acceptors (Lipinski definition) is 5.